The van der Waals surface area contributed by atoms with Crippen LogP contribution in [0.1, 0.15) is 60.8 Å². The molecule has 0 N–H and O–H groups in total. The van der Waals surface area contributed by atoms with E-state index in [0.29, 0.717) is 35.9 Å². The van der Waals surface area contributed by atoms with Gasteiger partial charge >= 0.3 is 11.9 Å². The molecule has 0 amide bonds. The standard InChI is InChI=1S/C19H34O6Si/c1-14(2)26(15(3)4,16(5)6)25-19(22)10-8-9-13-24-18(21)12-11-17(20)23-7/h11-12,14-16H,8-10,13H2,1-7H3/b12-11+. The van der Waals surface area contributed by atoms with Gasteiger partial charge in [-0.1, -0.05) is 41.5 Å². The number of carbonyl (C=O) groups is 3. The lowest BCUT2D eigenvalue weighted by Crippen LogP contribution is -2.49. The molecule has 0 spiro atoms. The van der Waals surface area contributed by atoms with E-state index in [0.717, 1.165) is 12.2 Å². The van der Waals surface area contributed by atoms with E-state index >= 15 is 0 Å². The molecular weight excluding hydrogens is 352 g/mol. The molecule has 0 aliphatic heterocycles. The van der Waals surface area contributed by atoms with Gasteiger partial charge in [-0.2, -0.15) is 0 Å². The Morgan fingerprint density at radius 1 is 0.846 bits per heavy atom. The van der Waals surface area contributed by atoms with E-state index in [-0.39, 0.29) is 12.6 Å². The summed E-state index contributed by atoms with van der Waals surface area (Å²) in [6.45, 7) is 13.0. The fourth-order valence-electron chi connectivity index (χ4n) is 3.40. The normalized spacial score (nSPS) is 12.1. The van der Waals surface area contributed by atoms with Crippen molar-refractivity contribution in [1.29, 1.82) is 0 Å². The number of rotatable bonds is 11. The van der Waals surface area contributed by atoms with Gasteiger partial charge in [0.15, 0.2) is 0 Å². The van der Waals surface area contributed by atoms with E-state index in [1.165, 1.54) is 7.11 Å². The van der Waals surface area contributed by atoms with Crippen LogP contribution in [0.5, 0.6) is 0 Å². The molecule has 0 bridgehead atoms. The predicted molar refractivity (Wildman–Crippen MR) is 103 cm³/mol. The monoisotopic (exact) mass is 386 g/mol. The molecular formula is C19H34O6Si. The van der Waals surface area contributed by atoms with Gasteiger partial charge in [-0.25, -0.2) is 9.59 Å². The van der Waals surface area contributed by atoms with Crippen molar-refractivity contribution in [2.24, 2.45) is 0 Å². The molecule has 6 nitrogen and oxygen atoms in total. The molecule has 0 radical (unpaired) electrons. The summed E-state index contributed by atoms with van der Waals surface area (Å²) >= 11 is 0. The van der Waals surface area contributed by atoms with Crippen molar-refractivity contribution in [2.75, 3.05) is 13.7 Å². The number of esters is 2. The Morgan fingerprint density at radius 3 is 1.81 bits per heavy atom. The molecule has 0 rings (SSSR count). The van der Waals surface area contributed by atoms with Crippen LogP contribution >= 0.6 is 0 Å². The number of carbonyl (C=O) groups excluding carboxylic acids is 3. The molecule has 0 aliphatic rings. The van der Waals surface area contributed by atoms with Gasteiger partial charge in [0.25, 0.3) is 14.3 Å². The molecule has 0 saturated heterocycles. The van der Waals surface area contributed by atoms with E-state index in [1.807, 2.05) is 0 Å². The van der Waals surface area contributed by atoms with Crippen molar-refractivity contribution in [3.05, 3.63) is 12.2 Å². The second kappa shape index (κ2) is 11.9. The zero-order valence-corrected chi connectivity index (χ0v) is 18.2. The van der Waals surface area contributed by atoms with Crippen molar-refractivity contribution in [1.82, 2.24) is 0 Å². The molecule has 0 unspecified atom stereocenters. The molecule has 0 aromatic carbocycles. The van der Waals surface area contributed by atoms with Gasteiger partial charge in [-0.3, -0.25) is 4.79 Å². The highest BCUT2D eigenvalue weighted by Crippen LogP contribution is 2.42. The Morgan fingerprint density at radius 2 is 1.35 bits per heavy atom. The fraction of sp³-hybridized carbons (Fsp3) is 0.737. The lowest BCUT2D eigenvalue weighted by molar-refractivity contribution is -0.139. The molecule has 7 heteroatoms. The number of unbranched alkanes of at least 4 members (excludes halogenated alkanes) is 1. The minimum atomic E-state index is -2.19. The summed E-state index contributed by atoms with van der Waals surface area (Å²) < 4.78 is 15.4. The summed E-state index contributed by atoms with van der Waals surface area (Å²) in [5.41, 5.74) is 1.07. The topological polar surface area (TPSA) is 78.9 Å². The Labute approximate surface area is 158 Å². The molecule has 0 aliphatic carbocycles. The molecule has 150 valence electrons. The SMILES string of the molecule is COC(=O)/C=C/C(=O)OCCCCC(=O)O[Si](C(C)C)(C(C)C)C(C)C. The minimum Gasteiger partial charge on any atom is -0.518 e. The minimum absolute atomic E-state index is 0.162. The Kier molecular flexibility index (Phi) is 11.1. The van der Waals surface area contributed by atoms with Crippen LogP contribution in [0.2, 0.25) is 16.6 Å². The summed E-state index contributed by atoms with van der Waals surface area (Å²) in [6.07, 6.45) is 3.50. The molecule has 0 aromatic rings. The maximum Gasteiger partial charge on any atom is 0.331 e. The Bertz CT molecular complexity index is 474. The highest BCUT2D eigenvalue weighted by molar-refractivity contribution is 6.78. The smallest absolute Gasteiger partial charge is 0.331 e. The van der Waals surface area contributed by atoms with Crippen molar-refractivity contribution in [2.45, 2.75) is 77.4 Å². The zero-order chi connectivity index (χ0) is 20.3. The quantitative estimate of drug-likeness (QED) is 0.230. The van der Waals surface area contributed by atoms with Gasteiger partial charge in [0.05, 0.1) is 13.7 Å². The van der Waals surface area contributed by atoms with E-state index in [2.05, 4.69) is 46.3 Å². The third-order valence-corrected chi connectivity index (χ3v) is 10.6. The van der Waals surface area contributed by atoms with E-state index in [4.69, 9.17) is 9.16 Å². The van der Waals surface area contributed by atoms with E-state index in [1.54, 1.807) is 0 Å². The van der Waals surface area contributed by atoms with Gasteiger partial charge in [0.1, 0.15) is 0 Å². The molecule has 0 saturated carbocycles. The Hall–Kier alpha value is -1.63. The summed E-state index contributed by atoms with van der Waals surface area (Å²) in [5, 5.41) is 0. The molecule has 0 atom stereocenters. The molecule has 0 fully saturated rings. The van der Waals surface area contributed by atoms with Gasteiger partial charge in [0.2, 0.25) is 0 Å². The first-order valence-corrected chi connectivity index (χ1v) is 11.4. The maximum absolute atomic E-state index is 12.3. The van der Waals surface area contributed by atoms with Crippen LogP contribution < -0.4 is 0 Å². The Balaban J connectivity index is 4.32. The largest absolute Gasteiger partial charge is 0.518 e. The van der Waals surface area contributed by atoms with Crippen LogP contribution in [0.4, 0.5) is 0 Å². The predicted octanol–water partition coefficient (Wildman–Crippen LogP) is 4.15. The highest BCUT2D eigenvalue weighted by Gasteiger charge is 2.47. The van der Waals surface area contributed by atoms with Crippen molar-refractivity contribution >= 4 is 26.2 Å². The summed E-state index contributed by atoms with van der Waals surface area (Å²) in [4.78, 5) is 34.6. The van der Waals surface area contributed by atoms with Crippen molar-refractivity contribution in [3.8, 4) is 0 Å². The number of methoxy groups -OCH3 is 1. The lowest BCUT2D eigenvalue weighted by atomic mass is 10.2. The summed E-state index contributed by atoms with van der Waals surface area (Å²) in [7, 11) is -0.961. The van der Waals surface area contributed by atoms with Crippen LogP contribution in [0.3, 0.4) is 0 Å². The third-order valence-electron chi connectivity index (χ3n) is 4.57. The molecule has 0 aromatic heterocycles. The first-order chi connectivity index (χ1) is 12.1. The number of ether oxygens (including phenoxy) is 2. The van der Waals surface area contributed by atoms with Gasteiger partial charge in [-0.15, -0.1) is 0 Å². The van der Waals surface area contributed by atoms with Crippen LogP contribution in [0.15, 0.2) is 12.2 Å². The van der Waals surface area contributed by atoms with E-state index < -0.39 is 20.3 Å². The molecule has 26 heavy (non-hydrogen) atoms. The lowest BCUT2D eigenvalue weighted by Gasteiger charge is -2.41. The average Bonchev–Trinajstić information content (AvgIpc) is 2.55. The average molecular weight is 387 g/mol. The summed E-state index contributed by atoms with van der Waals surface area (Å²) in [6, 6.07) is 0. The second-order valence-corrected chi connectivity index (χ2v) is 12.6. The van der Waals surface area contributed by atoms with Crippen LogP contribution in [-0.2, 0) is 28.3 Å². The van der Waals surface area contributed by atoms with E-state index in [9.17, 15) is 14.4 Å². The highest BCUT2D eigenvalue weighted by atomic mass is 28.4. The van der Waals surface area contributed by atoms with Gasteiger partial charge in [-0.05, 0) is 29.5 Å². The van der Waals surface area contributed by atoms with Gasteiger partial charge < -0.3 is 13.9 Å². The summed E-state index contributed by atoms with van der Waals surface area (Å²) in [5.74, 6) is -1.38. The van der Waals surface area contributed by atoms with Crippen LogP contribution in [0, 0.1) is 0 Å². The number of hydrogen-bond acceptors (Lipinski definition) is 6. The third kappa shape index (κ3) is 7.72. The fourth-order valence-corrected chi connectivity index (χ4v) is 8.60. The van der Waals surface area contributed by atoms with Crippen LogP contribution in [-0.4, -0.2) is 39.9 Å². The zero-order valence-electron chi connectivity index (χ0n) is 17.2. The molecule has 0 heterocycles. The first kappa shape index (κ1) is 24.4. The van der Waals surface area contributed by atoms with Crippen molar-refractivity contribution < 1.29 is 28.3 Å². The maximum atomic E-state index is 12.3. The first-order valence-electron chi connectivity index (χ1n) is 9.22. The van der Waals surface area contributed by atoms with Crippen LogP contribution in [0.25, 0.3) is 0 Å². The number of hydrogen-bond donors (Lipinski definition) is 0. The second-order valence-electron chi connectivity index (χ2n) is 7.27. The van der Waals surface area contributed by atoms with Gasteiger partial charge in [0, 0.05) is 18.6 Å². The van der Waals surface area contributed by atoms with Crippen molar-refractivity contribution in [3.63, 3.8) is 0 Å².